The summed E-state index contributed by atoms with van der Waals surface area (Å²) >= 11 is 5.98. The number of benzene rings is 1. The van der Waals surface area contributed by atoms with Gasteiger partial charge in [0.15, 0.2) is 11.5 Å². The van der Waals surface area contributed by atoms with Gasteiger partial charge in [-0.2, -0.15) is 4.98 Å². The Labute approximate surface area is 163 Å². The zero-order chi connectivity index (χ0) is 20.7. The third-order valence-electron chi connectivity index (χ3n) is 4.16. The van der Waals surface area contributed by atoms with Crippen molar-refractivity contribution in [2.45, 2.75) is 13.8 Å². The number of phenols is 1. The van der Waals surface area contributed by atoms with Crippen LogP contribution in [0.15, 0.2) is 35.6 Å². The molecule has 28 heavy (non-hydrogen) atoms. The maximum absolute atomic E-state index is 14.7. The van der Waals surface area contributed by atoms with Crippen LogP contribution in [0.5, 0.6) is 5.75 Å². The molecule has 0 amide bonds. The molecular weight excluding hydrogens is 390 g/mol. The monoisotopic (exact) mass is 404 g/mol. The third-order valence-corrected chi connectivity index (χ3v) is 4.45. The minimum atomic E-state index is -0.966. The van der Waals surface area contributed by atoms with Crippen molar-refractivity contribution in [2.24, 2.45) is 5.92 Å². The molecule has 144 valence electrons. The fourth-order valence-electron chi connectivity index (χ4n) is 2.71. The van der Waals surface area contributed by atoms with Crippen LogP contribution < -0.4 is 5.69 Å². The number of phenolic OH excluding ortho intramolecular Hbond substituents is 1. The Bertz CT molecular complexity index is 1180. The number of allylic oxidation sites excluding steroid dienone is 1. The highest BCUT2D eigenvalue weighted by Crippen LogP contribution is 2.34. The van der Waals surface area contributed by atoms with Crippen molar-refractivity contribution < 1.29 is 13.9 Å². The highest BCUT2D eigenvalue weighted by molar-refractivity contribution is 6.34. The lowest BCUT2D eigenvalue weighted by molar-refractivity contribution is 0.470. The number of aromatic nitrogens is 3. The molecule has 0 aliphatic carbocycles. The predicted octanol–water partition coefficient (Wildman–Crippen LogP) is 4.24. The van der Waals surface area contributed by atoms with Gasteiger partial charge in [0, 0.05) is 0 Å². The Balaban J connectivity index is 2.42. The van der Waals surface area contributed by atoms with Crippen LogP contribution in [0, 0.1) is 23.0 Å². The molecule has 0 fully saturated rings. The molecule has 0 atom stereocenters. The minimum absolute atomic E-state index is 0.0167. The fraction of sp³-hybridized carbons (Fsp3) is 0.158. The van der Waals surface area contributed by atoms with E-state index in [9.17, 15) is 18.7 Å². The normalized spacial score (nSPS) is 11.2. The number of nitrogens with one attached hydrogen (secondary N) is 1. The number of rotatable bonds is 4. The molecule has 9 heteroatoms. The van der Waals surface area contributed by atoms with Crippen molar-refractivity contribution in [1.82, 2.24) is 14.5 Å². The van der Waals surface area contributed by atoms with Crippen LogP contribution in [-0.4, -0.2) is 25.4 Å². The quantitative estimate of drug-likeness (QED) is 0.502. The number of pyridine rings is 1. The number of nitrogens with zero attached hydrogens (tertiary/aromatic N) is 3. The summed E-state index contributed by atoms with van der Waals surface area (Å²) in [6.45, 7) is 7.22. The molecule has 6 nitrogen and oxygen atoms in total. The first kappa shape index (κ1) is 19.6. The van der Waals surface area contributed by atoms with Crippen LogP contribution in [0.3, 0.4) is 0 Å². The summed E-state index contributed by atoms with van der Waals surface area (Å²) in [5.41, 5.74) is -1.97. The van der Waals surface area contributed by atoms with E-state index in [2.05, 4.69) is 16.5 Å². The van der Waals surface area contributed by atoms with E-state index in [-0.39, 0.29) is 33.5 Å². The van der Waals surface area contributed by atoms with Gasteiger partial charge in [-0.25, -0.2) is 23.1 Å². The van der Waals surface area contributed by atoms with Gasteiger partial charge in [0.1, 0.15) is 22.4 Å². The first-order valence-corrected chi connectivity index (χ1v) is 8.56. The molecular formula is C19H15ClF2N4O2. The molecule has 2 N–H and O–H groups in total. The van der Waals surface area contributed by atoms with E-state index in [0.29, 0.717) is 0 Å². The zero-order valence-corrected chi connectivity index (χ0v) is 15.7. The Morgan fingerprint density at radius 3 is 2.57 bits per heavy atom. The second kappa shape index (κ2) is 7.12. The first-order valence-electron chi connectivity index (χ1n) is 8.18. The smallest absolute Gasteiger partial charge is 0.355 e. The van der Waals surface area contributed by atoms with Crippen LogP contribution in [-0.2, 0) is 0 Å². The lowest BCUT2D eigenvalue weighted by atomic mass is 10.1. The summed E-state index contributed by atoms with van der Waals surface area (Å²) < 4.78 is 29.9. The van der Waals surface area contributed by atoms with Gasteiger partial charge in [0.25, 0.3) is 0 Å². The summed E-state index contributed by atoms with van der Waals surface area (Å²) in [4.78, 5) is 20.1. The molecule has 0 bridgehead atoms. The first-order chi connectivity index (χ1) is 13.1. The minimum Gasteiger partial charge on any atom is -0.507 e. The van der Waals surface area contributed by atoms with E-state index in [0.717, 1.165) is 16.7 Å². The Morgan fingerprint density at radius 2 is 1.96 bits per heavy atom. The van der Waals surface area contributed by atoms with Crippen molar-refractivity contribution in [2.75, 3.05) is 0 Å². The summed E-state index contributed by atoms with van der Waals surface area (Å²) in [7, 11) is 0. The van der Waals surface area contributed by atoms with Crippen LogP contribution in [0.4, 0.5) is 8.78 Å². The second-order valence-electron chi connectivity index (χ2n) is 6.36. The largest absolute Gasteiger partial charge is 0.507 e. The van der Waals surface area contributed by atoms with Crippen LogP contribution >= 0.6 is 11.6 Å². The average molecular weight is 405 g/mol. The van der Waals surface area contributed by atoms with Crippen molar-refractivity contribution in [1.29, 1.82) is 5.41 Å². The van der Waals surface area contributed by atoms with Crippen molar-refractivity contribution in [3.05, 3.63) is 58.1 Å². The number of fused-ring (bicyclic) bond motifs is 1. The van der Waals surface area contributed by atoms with Gasteiger partial charge in [-0.1, -0.05) is 38.1 Å². The maximum Gasteiger partial charge on any atom is 0.355 e. The van der Waals surface area contributed by atoms with Crippen LogP contribution in [0.2, 0.25) is 5.15 Å². The summed E-state index contributed by atoms with van der Waals surface area (Å²) in [6, 6.07) is 4.43. The topological polar surface area (TPSA) is 91.9 Å². The van der Waals surface area contributed by atoms with Crippen molar-refractivity contribution >= 4 is 34.0 Å². The van der Waals surface area contributed by atoms with Gasteiger partial charge in [-0.05, 0) is 24.1 Å². The summed E-state index contributed by atoms with van der Waals surface area (Å²) in [6.07, 6.45) is 0. The van der Waals surface area contributed by atoms with E-state index in [4.69, 9.17) is 17.0 Å². The molecule has 1 aromatic carbocycles. The lowest BCUT2D eigenvalue weighted by Crippen LogP contribution is -2.27. The Morgan fingerprint density at radius 1 is 1.29 bits per heavy atom. The van der Waals surface area contributed by atoms with Gasteiger partial charge >= 0.3 is 5.69 Å². The zero-order valence-electron chi connectivity index (χ0n) is 14.9. The van der Waals surface area contributed by atoms with Gasteiger partial charge in [0.2, 0.25) is 0 Å². The molecule has 3 aromatic rings. The molecule has 2 aromatic heterocycles. The average Bonchev–Trinajstić information content (AvgIpc) is 2.61. The van der Waals surface area contributed by atoms with Gasteiger partial charge in [-0.15, -0.1) is 0 Å². The van der Waals surface area contributed by atoms with E-state index in [1.807, 2.05) is 0 Å². The molecule has 0 radical (unpaired) electrons. The highest BCUT2D eigenvalue weighted by Gasteiger charge is 2.22. The van der Waals surface area contributed by atoms with E-state index >= 15 is 0 Å². The molecule has 0 saturated heterocycles. The number of aromatic hydroxyl groups is 1. The fourth-order valence-corrected chi connectivity index (χ4v) is 2.92. The third kappa shape index (κ3) is 3.16. The number of hydrogen-bond donors (Lipinski definition) is 2. The molecule has 3 rings (SSSR count). The lowest BCUT2D eigenvalue weighted by Gasteiger charge is -2.16. The molecule has 0 aliphatic rings. The predicted molar refractivity (Wildman–Crippen MR) is 104 cm³/mol. The van der Waals surface area contributed by atoms with Crippen molar-refractivity contribution in [3.63, 3.8) is 0 Å². The van der Waals surface area contributed by atoms with Gasteiger partial charge in [0.05, 0.1) is 22.4 Å². The summed E-state index contributed by atoms with van der Waals surface area (Å²) in [5, 5.41) is 17.8. The van der Waals surface area contributed by atoms with E-state index < -0.39 is 34.3 Å². The van der Waals surface area contributed by atoms with E-state index in [1.165, 1.54) is 12.1 Å². The number of halogens is 3. The SMILES string of the molecule is C=C(C(=N)C(C)C)n1c(=O)nc(Cl)c2cc(F)c(-c3c(O)cccc3F)nc21. The Hall–Kier alpha value is -3.13. The number of hydrogen-bond acceptors (Lipinski definition) is 5. The van der Waals surface area contributed by atoms with Crippen LogP contribution in [0.1, 0.15) is 13.8 Å². The molecule has 0 aliphatic heterocycles. The summed E-state index contributed by atoms with van der Waals surface area (Å²) in [5.74, 6) is -2.64. The second-order valence-corrected chi connectivity index (χ2v) is 6.72. The van der Waals surface area contributed by atoms with Crippen LogP contribution in [0.25, 0.3) is 28.0 Å². The molecule has 0 unspecified atom stereocenters. The Kier molecular flexibility index (Phi) is 4.99. The molecule has 2 heterocycles. The van der Waals surface area contributed by atoms with Crippen molar-refractivity contribution in [3.8, 4) is 17.0 Å². The molecule has 0 spiro atoms. The highest BCUT2D eigenvalue weighted by atomic mass is 35.5. The van der Waals surface area contributed by atoms with Gasteiger partial charge in [-0.3, -0.25) is 0 Å². The molecule has 0 saturated carbocycles. The standard InChI is InChI=1S/C19H15ClF2N4O2/c1-8(2)15(23)9(3)26-18-10(17(20)25-19(26)28)7-12(22)16(24-18)14-11(21)5-4-6-13(14)27/h4-8,23,27H,3H2,1-2H3. The van der Waals surface area contributed by atoms with Gasteiger partial charge < -0.3 is 10.5 Å². The van der Waals surface area contributed by atoms with E-state index in [1.54, 1.807) is 13.8 Å². The maximum atomic E-state index is 14.7.